The van der Waals surface area contributed by atoms with Crippen molar-refractivity contribution in [3.63, 3.8) is 0 Å². The number of aryl methyl sites for hydroxylation is 1. The number of hydrogen-bond acceptors (Lipinski definition) is 3. The van der Waals surface area contributed by atoms with E-state index >= 15 is 0 Å². The van der Waals surface area contributed by atoms with Crippen molar-refractivity contribution in [3.05, 3.63) is 45.9 Å². The summed E-state index contributed by atoms with van der Waals surface area (Å²) in [7, 11) is 0. The van der Waals surface area contributed by atoms with Gasteiger partial charge in [-0.2, -0.15) is 0 Å². The largest absolute Gasteiger partial charge is 0.319 e. The van der Waals surface area contributed by atoms with Gasteiger partial charge in [-0.15, -0.1) is 5.10 Å². The highest BCUT2D eigenvalue weighted by molar-refractivity contribution is 9.10. The highest BCUT2D eigenvalue weighted by atomic mass is 79.9. The molecule has 0 radical (unpaired) electrons. The minimum absolute atomic E-state index is 0.294. The number of benzene rings is 1. The molecule has 6 heteroatoms. The highest BCUT2D eigenvalue weighted by Crippen LogP contribution is 2.27. The van der Waals surface area contributed by atoms with Crippen molar-refractivity contribution in [1.82, 2.24) is 15.0 Å². The molecule has 0 bridgehead atoms. The summed E-state index contributed by atoms with van der Waals surface area (Å²) in [5.74, 6) is -0.294. The molecule has 0 spiro atoms. The molecule has 18 heavy (non-hydrogen) atoms. The van der Waals surface area contributed by atoms with Crippen LogP contribution in [-0.2, 0) is 6.54 Å². The van der Waals surface area contributed by atoms with E-state index in [1.165, 1.54) is 12.1 Å². The van der Waals surface area contributed by atoms with Crippen LogP contribution in [0.4, 0.5) is 4.39 Å². The minimum atomic E-state index is -0.374. The Balaban J connectivity index is 2.35. The second kappa shape index (κ2) is 5.58. The first-order valence-electron chi connectivity index (χ1n) is 5.72. The van der Waals surface area contributed by atoms with Crippen molar-refractivity contribution in [2.24, 2.45) is 5.73 Å². The fourth-order valence-corrected chi connectivity index (χ4v) is 2.40. The quantitative estimate of drug-likeness (QED) is 0.944. The third kappa shape index (κ3) is 2.59. The molecular formula is C12H14BrFN4. The van der Waals surface area contributed by atoms with Gasteiger partial charge in [-0.1, -0.05) is 34.1 Å². The Morgan fingerprint density at radius 2 is 2.28 bits per heavy atom. The number of aromatic nitrogens is 3. The first kappa shape index (κ1) is 13.2. The molecule has 0 aliphatic heterocycles. The molecule has 2 N–H and O–H groups in total. The van der Waals surface area contributed by atoms with Crippen molar-refractivity contribution in [1.29, 1.82) is 0 Å². The van der Waals surface area contributed by atoms with Gasteiger partial charge < -0.3 is 5.73 Å². The van der Waals surface area contributed by atoms with E-state index in [1.54, 1.807) is 16.9 Å². The van der Waals surface area contributed by atoms with Gasteiger partial charge in [-0.25, -0.2) is 9.07 Å². The molecule has 0 saturated carbocycles. The van der Waals surface area contributed by atoms with Gasteiger partial charge in [0.25, 0.3) is 0 Å². The van der Waals surface area contributed by atoms with Crippen LogP contribution in [0.3, 0.4) is 0 Å². The predicted octanol–water partition coefficient (Wildman–Crippen LogP) is 2.64. The van der Waals surface area contributed by atoms with Gasteiger partial charge in [0.1, 0.15) is 5.82 Å². The topological polar surface area (TPSA) is 56.7 Å². The van der Waals surface area contributed by atoms with Gasteiger partial charge in [-0.3, -0.25) is 0 Å². The molecule has 0 saturated heterocycles. The molecule has 0 fully saturated rings. The number of nitrogens with zero attached hydrogens (tertiary/aromatic N) is 3. The molecule has 0 amide bonds. The van der Waals surface area contributed by atoms with Gasteiger partial charge in [-0.05, 0) is 24.1 Å². The minimum Gasteiger partial charge on any atom is -0.319 e. The van der Waals surface area contributed by atoms with Crippen LogP contribution in [-0.4, -0.2) is 15.0 Å². The number of rotatable bonds is 4. The van der Waals surface area contributed by atoms with E-state index in [1.807, 2.05) is 0 Å². The third-order valence-electron chi connectivity index (χ3n) is 2.70. The standard InChI is InChI=1S/C12H14BrFN4/c1-2-5-18-11(7-16-17-18)12(15)9-4-3-8(14)6-10(9)13/h3-4,6-7,12H,2,5,15H2,1H3. The third-order valence-corrected chi connectivity index (χ3v) is 3.39. The van der Waals surface area contributed by atoms with Crippen LogP contribution < -0.4 is 5.73 Å². The SMILES string of the molecule is CCCn1nncc1C(N)c1ccc(F)cc1Br. The van der Waals surface area contributed by atoms with E-state index in [4.69, 9.17) is 5.73 Å². The summed E-state index contributed by atoms with van der Waals surface area (Å²) in [4.78, 5) is 0. The fraction of sp³-hybridized carbons (Fsp3) is 0.333. The Morgan fingerprint density at radius 1 is 1.50 bits per heavy atom. The summed E-state index contributed by atoms with van der Waals surface area (Å²) in [6.45, 7) is 2.83. The van der Waals surface area contributed by atoms with Crippen LogP contribution in [0, 0.1) is 5.82 Å². The summed E-state index contributed by atoms with van der Waals surface area (Å²) < 4.78 is 15.5. The molecule has 1 atom stereocenters. The van der Waals surface area contributed by atoms with E-state index in [9.17, 15) is 4.39 Å². The predicted molar refractivity (Wildman–Crippen MR) is 70.4 cm³/mol. The summed E-state index contributed by atoms with van der Waals surface area (Å²) in [6.07, 6.45) is 2.60. The van der Waals surface area contributed by atoms with Crippen LogP contribution in [0.5, 0.6) is 0 Å². The van der Waals surface area contributed by atoms with E-state index in [0.29, 0.717) is 4.47 Å². The number of hydrogen-bond donors (Lipinski definition) is 1. The smallest absolute Gasteiger partial charge is 0.124 e. The monoisotopic (exact) mass is 312 g/mol. The van der Waals surface area contributed by atoms with Gasteiger partial charge in [0.15, 0.2) is 0 Å². The maximum atomic E-state index is 13.1. The van der Waals surface area contributed by atoms with Crippen LogP contribution in [0.2, 0.25) is 0 Å². The molecular weight excluding hydrogens is 299 g/mol. The van der Waals surface area contributed by atoms with Gasteiger partial charge in [0, 0.05) is 11.0 Å². The lowest BCUT2D eigenvalue weighted by Crippen LogP contribution is -2.18. The molecule has 1 aromatic heterocycles. The molecule has 96 valence electrons. The first-order chi connectivity index (χ1) is 8.63. The summed E-state index contributed by atoms with van der Waals surface area (Å²) in [6, 6.07) is 4.10. The fourth-order valence-electron chi connectivity index (χ4n) is 1.81. The molecule has 0 aliphatic rings. The van der Waals surface area contributed by atoms with Gasteiger partial charge in [0.2, 0.25) is 0 Å². The Labute approximate surface area is 113 Å². The lowest BCUT2D eigenvalue weighted by atomic mass is 10.1. The van der Waals surface area contributed by atoms with E-state index < -0.39 is 0 Å². The zero-order valence-corrected chi connectivity index (χ0v) is 11.6. The van der Waals surface area contributed by atoms with Crippen LogP contribution >= 0.6 is 15.9 Å². The molecule has 1 aromatic carbocycles. The lowest BCUT2D eigenvalue weighted by molar-refractivity contribution is 0.543. The zero-order chi connectivity index (χ0) is 13.1. The van der Waals surface area contributed by atoms with E-state index in [0.717, 1.165) is 24.2 Å². The van der Waals surface area contributed by atoms with E-state index in [-0.39, 0.29) is 11.9 Å². The molecule has 0 aliphatic carbocycles. The Kier molecular flexibility index (Phi) is 4.08. The number of halogens is 2. The van der Waals surface area contributed by atoms with Crippen molar-refractivity contribution < 1.29 is 4.39 Å². The molecule has 1 unspecified atom stereocenters. The lowest BCUT2D eigenvalue weighted by Gasteiger charge is -2.15. The maximum Gasteiger partial charge on any atom is 0.124 e. The van der Waals surface area contributed by atoms with Crippen LogP contribution in [0.1, 0.15) is 30.6 Å². The van der Waals surface area contributed by atoms with E-state index in [2.05, 4.69) is 33.2 Å². The Hall–Kier alpha value is -1.27. The van der Waals surface area contributed by atoms with Crippen molar-refractivity contribution in [3.8, 4) is 0 Å². The van der Waals surface area contributed by atoms with Crippen molar-refractivity contribution >= 4 is 15.9 Å². The van der Waals surface area contributed by atoms with Crippen molar-refractivity contribution in [2.75, 3.05) is 0 Å². The van der Waals surface area contributed by atoms with Crippen molar-refractivity contribution in [2.45, 2.75) is 25.9 Å². The molecule has 2 rings (SSSR count). The second-order valence-corrected chi connectivity index (χ2v) is 4.88. The average molecular weight is 313 g/mol. The van der Waals surface area contributed by atoms with Gasteiger partial charge in [0.05, 0.1) is 17.9 Å². The zero-order valence-electron chi connectivity index (χ0n) is 9.98. The maximum absolute atomic E-state index is 13.1. The molecule has 1 heterocycles. The Bertz CT molecular complexity index is 541. The van der Waals surface area contributed by atoms with Gasteiger partial charge >= 0.3 is 0 Å². The summed E-state index contributed by atoms with van der Waals surface area (Å²) in [5.41, 5.74) is 7.83. The Morgan fingerprint density at radius 3 is 2.94 bits per heavy atom. The first-order valence-corrected chi connectivity index (χ1v) is 6.51. The summed E-state index contributed by atoms with van der Waals surface area (Å²) in [5, 5.41) is 7.88. The molecule has 4 nitrogen and oxygen atoms in total. The van der Waals surface area contributed by atoms with Crippen LogP contribution in [0.25, 0.3) is 0 Å². The average Bonchev–Trinajstić information content (AvgIpc) is 2.77. The summed E-state index contributed by atoms with van der Waals surface area (Å²) >= 11 is 3.33. The molecule has 2 aromatic rings. The number of nitrogens with two attached hydrogens (primary N) is 1. The highest BCUT2D eigenvalue weighted by Gasteiger charge is 2.17. The normalized spacial score (nSPS) is 12.7. The van der Waals surface area contributed by atoms with Crippen LogP contribution in [0.15, 0.2) is 28.9 Å². The second-order valence-electron chi connectivity index (χ2n) is 4.03.